The third-order valence-electron chi connectivity index (χ3n) is 5.91. The number of methoxy groups -OCH3 is 2. The minimum Gasteiger partial charge on any atom is -0.497 e. The molecule has 1 amide bonds. The molecule has 1 heterocycles. The molecule has 0 radical (unpaired) electrons. The number of halogens is 1. The minimum atomic E-state index is -0.307. The molecule has 6 nitrogen and oxygen atoms in total. The molecule has 1 N–H and O–H groups in total. The van der Waals surface area contributed by atoms with Crippen LogP contribution in [-0.2, 0) is 17.6 Å². The molecule has 32 heavy (non-hydrogen) atoms. The van der Waals surface area contributed by atoms with Crippen molar-refractivity contribution in [3.05, 3.63) is 71.3 Å². The van der Waals surface area contributed by atoms with Crippen LogP contribution in [0.3, 0.4) is 0 Å². The summed E-state index contributed by atoms with van der Waals surface area (Å²) >= 11 is 0. The Kier molecular flexibility index (Phi) is 5.91. The summed E-state index contributed by atoms with van der Waals surface area (Å²) in [7, 11) is 3.17. The van der Waals surface area contributed by atoms with Gasteiger partial charge in [0, 0.05) is 11.1 Å². The summed E-state index contributed by atoms with van der Waals surface area (Å²) in [4.78, 5) is 13.0. The number of hydrogen-bond donors (Lipinski definition) is 1. The van der Waals surface area contributed by atoms with E-state index in [0.29, 0.717) is 17.2 Å². The number of nitrogens with one attached hydrogen (secondary N) is 1. The first-order valence-corrected chi connectivity index (χ1v) is 10.6. The van der Waals surface area contributed by atoms with Crippen LogP contribution < -0.4 is 14.8 Å². The zero-order valence-corrected chi connectivity index (χ0v) is 18.8. The van der Waals surface area contributed by atoms with Gasteiger partial charge in [-0.3, -0.25) is 4.79 Å². The first kappa shape index (κ1) is 21.9. The molecule has 4 rings (SSSR count). The van der Waals surface area contributed by atoms with E-state index in [1.54, 1.807) is 43.3 Å². The van der Waals surface area contributed by atoms with Crippen molar-refractivity contribution in [2.24, 2.45) is 5.41 Å². The zero-order chi connectivity index (χ0) is 22.9. The average molecular weight is 438 g/mol. The Labute approximate surface area is 187 Å². The van der Waals surface area contributed by atoms with Crippen molar-refractivity contribution >= 4 is 5.91 Å². The fourth-order valence-corrected chi connectivity index (χ4v) is 4.44. The second-order valence-electron chi connectivity index (χ2n) is 8.96. The van der Waals surface area contributed by atoms with Gasteiger partial charge in [0.05, 0.1) is 44.3 Å². The Morgan fingerprint density at radius 2 is 2.03 bits per heavy atom. The molecule has 0 fully saturated rings. The normalized spacial score (nSPS) is 16.8. The fraction of sp³-hybridized carbons (Fsp3) is 0.360. The number of fused-ring (bicyclic) bond motifs is 1. The summed E-state index contributed by atoms with van der Waals surface area (Å²) in [5.41, 5.74) is 3.35. The fourth-order valence-electron chi connectivity index (χ4n) is 4.44. The number of benzene rings is 2. The van der Waals surface area contributed by atoms with Gasteiger partial charge in [0.2, 0.25) is 5.91 Å². The van der Waals surface area contributed by atoms with Gasteiger partial charge < -0.3 is 14.8 Å². The highest BCUT2D eigenvalue weighted by Crippen LogP contribution is 2.41. The van der Waals surface area contributed by atoms with Gasteiger partial charge in [0.1, 0.15) is 17.3 Å². The van der Waals surface area contributed by atoms with Crippen LogP contribution in [0.2, 0.25) is 0 Å². The molecule has 7 heteroatoms. The Hall–Kier alpha value is -3.35. The van der Waals surface area contributed by atoms with Gasteiger partial charge in [-0.2, -0.15) is 5.10 Å². The predicted octanol–water partition coefficient (Wildman–Crippen LogP) is 4.40. The maximum atomic E-state index is 13.8. The highest BCUT2D eigenvalue weighted by molar-refractivity contribution is 5.80. The molecule has 0 saturated carbocycles. The highest BCUT2D eigenvalue weighted by Gasteiger charge is 2.36. The van der Waals surface area contributed by atoms with E-state index in [4.69, 9.17) is 9.47 Å². The topological polar surface area (TPSA) is 65.4 Å². The van der Waals surface area contributed by atoms with Crippen LogP contribution in [0.5, 0.6) is 11.5 Å². The van der Waals surface area contributed by atoms with E-state index >= 15 is 0 Å². The van der Waals surface area contributed by atoms with E-state index in [9.17, 15) is 9.18 Å². The number of carbonyl (C=O) groups excluding carboxylic acids is 1. The second kappa shape index (κ2) is 8.65. The van der Waals surface area contributed by atoms with Crippen LogP contribution in [0.15, 0.2) is 48.7 Å². The summed E-state index contributed by atoms with van der Waals surface area (Å²) in [6.45, 7) is 4.34. The van der Waals surface area contributed by atoms with E-state index < -0.39 is 0 Å². The first-order valence-electron chi connectivity index (χ1n) is 10.6. The van der Waals surface area contributed by atoms with Gasteiger partial charge in [-0.15, -0.1) is 0 Å². The molecule has 1 aliphatic carbocycles. The number of ether oxygens (including phenoxy) is 2. The van der Waals surface area contributed by atoms with Gasteiger partial charge in [-0.25, -0.2) is 9.07 Å². The molecule has 0 saturated heterocycles. The number of rotatable bonds is 6. The van der Waals surface area contributed by atoms with Crippen molar-refractivity contribution in [3.63, 3.8) is 0 Å². The van der Waals surface area contributed by atoms with Crippen LogP contribution in [0.1, 0.15) is 43.1 Å². The summed E-state index contributed by atoms with van der Waals surface area (Å²) in [5.74, 6) is 0.901. The van der Waals surface area contributed by atoms with Crippen molar-refractivity contribution in [1.82, 2.24) is 15.1 Å². The molecule has 1 atom stereocenters. The third-order valence-corrected chi connectivity index (χ3v) is 5.91. The zero-order valence-electron chi connectivity index (χ0n) is 18.8. The SMILES string of the molecule is COc1ccc(OC)c(CC(=O)N[C@H]2CC(C)(C)Cc3c2cnn3-c2cccc(F)c2)c1. The van der Waals surface area contributed by atoms with Crippen LogP contribution >= 0.6 is 0 Å². The third kappa shape index (κ3) is 4.47. The molecular formula is C25H28FN3O3. The van der Waals surface area contributed by atoms with Crippen molar-refractivity contribution in [1.29, 1.82) is 0 Å². The minimum absolute atomic E-state index is 0.0519. The lowest BCUT2D eigenvalue weighted by molar-refractivity contribution is -0.121. The van der Waals surface area contributed by atoms with Crippen molar-refractivity contribution in [3.8, 4) is 17.2 Å². The lowest BCUT2D eigenvalue weighted by Gasteiger charge is -2.36. The predicted molar refractivity (Wildman–Crippen MR) is 120 cm³/mol. The van der Waals surface area contributed by atoms with E-state index in [1.165, 1.54) is 12.1 Å². The van der Waals surface area contributed by atoms with Gasteiger partial charge in [0.15, 0.2) is 0 Å². The largest absolute Gasteiger partial charge is 0.497 e. The Bertz CT molecular complexity index is 1140. The lowest BCUT2D eigenvalue weighted by Crippen LogP contribution is -2.37. The molecule has 3 aromatic rings. The van der Waals surface area contributed by atoms with Crippen LogP contribution in [0.4, 0.5) is 4.39 Å². The molecule has 0 spiro atoms. The number of aromatic nitrogens is 2. The van der Waals surface area contributed by atoms with Crippen LogP contribution in [-0.4, -0.2) is 29.9 Å². The quantitative estimate of drug-likeness (QED) is 0.621. The number of amides is 1. The van der Waals surface area contributed by atoms with Crippen molar-refractivity contribution < 1.29 is 18.7 Å². The molecule has 168 valence electrons. The lowest BCUT2D eigenvalue weighted by atomic mass is 9.74. The molecule has 0 bridgehead atoms. The molecule has 1 aliphatic rings. The Morgan fingerprint density at radius 3 is 2.75 bits per heavy atom. The van der Waals surface area contributed by atoms with Gasteiger partial charge in [-0.05, 0) is 54.7 Å². The van der Waals surface area contributed by atoms with Gasteiger partial charge >= 0.3 is 0 Å². The maximum Gasteiger partial charge on any atom is 0.225 e. The molecule has 2 aromatic carbocycles. The maximum absolute atomic E-state index is 13.8. The average Bonchev–Trinajstić information content (AvgIpc) is 3.16. The van der Waals surface area contributed by atoms with Crippen LogP contribution in [0, 0.1) is 11.2 Å². The Balaban J connectivity index is 1.60. The summed E-state index contributed by atoms with van der Waals surface area (Å²) in [6.07, 6.45) is 3.53. The number of carbonyl (C=O) groups is 1. The van der Waals surface area contributed by atoms with Crippen LogP contribution in [0.25, 0.3) is 5.69 Å². The molecule has 1 aromatic heterocycles. The molecule has 0 aliphatic heterocycles. The van der Waals surface area contributed by atoms with E-state index in [0.717, 1.165) is 29.7 Å². The highest BCUT2D eigenvalue weighted by atomic mass is 19.1. The van der Waals surface area contributed by atoms with E-state index in [2.05, 4.69) is 24.3 Å². The van der Waals surface area contributed by atoms with Gasteiger partial charge in [-0.1, -0.05) is 19.9 Å². The standard InChI is InChI=1S/C25H28FN3O3/c1-25(2)13-21(28-24(30)11-16-10-19(31-3)8-9-23(16)32-4)20-15-27-29(22(20)14-25)18-7-5-6-17(26)12-18/h5-10,12,15,21H,11,13-14H2,1-4H3,(H,28,30)/t21-/m0/s1. The number of nitrogens with zero attached hydrogens (tertiary/aromatic N) is 2. The Morgan fingerprint density at radius 1 is 1.22 bits per heavy atom. The summed E-state index contributed by atoms with van der Waals surface area (Å²) in [6, 6.07) is 11.6. The molecule has 0 unspecified atom stereocenters. The van der Waals surface area contributed by atoms with E-state index in [1.807, 2.05) is 12.1 Å². The van der Waals surface area contributed by atoms with Crippen molar-refractivity contribution in [2.75, 3.05) is 14.2 Å². The van der Waals surface area contributed by atoms with E-state index in [-0.39, 0.29) is 29.6 Å². The molecular weight excluding hydrogens is 409 g/mol. The first-order chi connectivity index (χ1) is 15.3. The van der Waals surface area contributed by atoms with Crippen molar-refractivity contribution in [2.45, 2.75) is 39.2 Å². The second-order valence-corrected chi connectivity index (χ2v) is 8.96. The number of hydrogen-bond acceptors (Lipinski definition) is 4. The summed E-state index contributed by atoms with van der Waals surface area (Å²) < 4.78 is 26.3. The smallest absolute Gasteiger partial charge is 0.225 e. The monoisotopic (exact) mass is 437 g/mol. The van der Waals surface area contributed by atoms with Gasteiger partial charge in [0.25, 0.3) is 0 Å². The summed E-state index contributed by atoms with van der Waals surface area (Å²) in [5, 5.41) is 7.71.